The molecule has 0 amide bonds. The van der Waals surface area contributed by atoms with Crippen LogP contribution >= 0.6 is 34.2 Å². The molecule has 120 valence electrons. The van der Waals surface area contributed by atoms with E-state index < -0.39 is 0 Å². The van der Waals surface area contributed by atoms with E-state index in [1.54, 1.807) is 6.20 Å². The largest absolute Gasteiger partial charge is 0.236 e. The van der Waals surface area contributed by atoms with Crippen molar-refractivity contribution >= 4 is 45.2 Å². The molecule has 0 saturated heterocycles. The van der Waals surface area contributed by atoms with E-state index in [0.717, 1.165) is 17.4 Å². The van der Waals surface area contributed by atoms with Gasteiger partial charge in [-0.05, 0) is 33.1 Å². The maximum Gasteiger partial charge on any atom is 0.182 e. The maximum absolute atomic E-state index is 6.62. The van der Waals surface area contributed by atoms with Crippen molar-refractivity contribution in [3.8, 4) is 11.3 Å². The van der Waals surface area contributed by atoms with E-state index >= 15 is 0 Å². The van der Waals surface area contributed by atoms with Gasteiger partial charge in [-0.1, -0.05) is 60.2 Å². The van der Waals surface area contributed by atoms with Crippen molar-refractivity contribution in [3.63, 3.8) is 0 Å². The minimum atomic E-state index is -0.265. The Morgan fingerprint density at radius 1 is 1.21 bits per heavy atom. The smallest absolute Gasteiger partial charge is 0.182 e. The average molecular weight is 449 g/mol. The number of rotatable bonds is 2. The number of halogens is 2. The average Bonchev–Trinajstić information content (AvgIpc) is 3.02. The molecule has 3 aromatic rings. The standard InChI is InChI=1S/C18H14ClIN4/c1-18(9-5-8-13(20)10-18)24-17-14(11-21-24)15(19)16(22-23-17)12-6-3-2-4-7-12/h2-9,11H,10H2,1H3. The molecule has 6 heteroatoms. The monoisotopic (exact) mass is 448 g/mol. The molecule has 2 heterocycles. The van der Waals surface area contributed by atoms with Gasteiger partial charge in [-0.15, -0.1) is 10.2 Å². The van der Waals surface area contributed by atoms with Crippen molar-refractivity contribution in [3.05, 3.63) is 63.4 Å². The summed E-state index contributed by atoms with van der Waals surface area (Å²) in [5.74, 6) is 0. The number of benzene rings is 1. The first-order valence-electron chi connectivity index (χ1n) is 7.58. The molecule has 1 aromatic carbocycles. The van der Waals surface area contributed by atoms with Gasteiger partial charge in [0.1, 0.15) is 5.69 Å². The highest BCUT2D eigenvalue weighted by atomic mass is 127. The van der Waals surface area contributed by atoms with Gasteiger partial charge in [-0.25, -0.2) is 4.68 Å². The van der Waals surface area contributed by atoms with E-state index in [-0.39, 0.29) is 5.54 Å². The first kappa shape index (κ1) is 15.8. The second-order valence-corrected chi connectivity index (χ2v) is 7.79. The van der Waals surface area contributed by atoms with E-state index in [9.17, 15) is 0 Å². The molecule has 1 aliphatic carbocycles. The highest BCUT2D eigenvalue weighted by Crippen LogP contribution is 2.37. The highest BCUT2D eigenvalue weighted by Gasteiger charge is 2.30. The molecule has 4 nitrogen and oxygen atoms in total. The molecule has 0 fully saturated rings. The Morgan fingerprint density at radius 2 is 2.00 bits per heavy atom. The van der Waals surface area contributed by atoms with E-state index in [0.29, 0.717) is 16.4 Å². The number of hydrogen-bond acceptors (Lipinski definition) is 3. The van der Waals surface area contributed by atoms with Crippen LogP contribution in [0.5, 0.6) is 0 Å². The summed E-state index contributed by atoms with van der Waals surface area (Å²) in [4.78, 5) is 0. The SMILES string of the molecule is CC1(n2ncc3c(Cl)c(-c4ccccc4)nnc32)C=CC=C(I)C1. The summed E-state index contributed by atoms with van der Waals surface area (Å²) < 4.78 is 3.19. The topological polar surface area (TPSA) is 43.6 Å². The van der Waals surface area contributed by atoms with Crippen molar-refractivity contribution in [2.45, 2.75) is 18.9 Å². The van der Waals surface area contributed by atoms with Crippen LogP contribution in [0.2, 0.25) is 5.02 Å². The van der Waals surface area contributed by atoms with Crippen LogP contribution in [0.3, 0.4) is 0 Å². The molecule has 0 N–H and O–H groups in total. The second kappa shape index (κ2) is 5.97. The van der Waals surface area contributed by atoms with Gasteiger partial charge in [-0.2, -0.15) is 5.10 Å². The minimum Gasteiger partial charge on any atom is -0.236 e. The molecule has 0 spiro atoms. The Labute approximate surface area is 158 Å². The summed E-state index contributed by atoms with van der Waals surface area (Å²) in [6, 6.07) is 9.84. The lowest BCUT2D eigenvalue weighted by Crippen LogP contribution is -2.30. The maximum atomic E-state index is 6.62. The third-order valence-electron chi connectivity index (χ3n) is 4.22. The van der Waals surface area contributed by atoms with Crippen LogP contribution in [0.25, 0.3) is 22.3 Å². The first-order valence-corrected chi connectivity index (χ1v) is 9.04. The van der Waals surface area contributed by atoms with E-state index in [2.05, 4.69) is 63.0 Å². The molecular formula is C18H14ClIN4. The van der Waals surface area contributed by atoms with E-state index in [4.69, 9.17) is 11.6 Å². The van der Waals surface area contributed by atoms with Crippen LogP contribution < -0.4 is 0 Å². The number of nitrogens with zero attached hydrogens (tertiary/aromatic N) is 4. The summed E-state index contributed by atoms with van der Waals surface area (Å²) in [6.07, 6.45) is 8.97. The van der Waals surface area contributed by atoms with Gasteiger partial charge < -0.3 is 0 Å². The molecular weight excluding hydrogens is 435 g/mol. The normalized spacial score (nSPS) is 20.4. The summed E-state index contributed by atoms with van der Waals surface area (Å²) in [5, 5.41) is 14.8. The lowest BCUT2D eigenvalue weighted by Gasteiger charge is -2.29. The molecule has 0 radical (unpaired) electrons. The van der Waals surface area contributed by atoms with E-state index in [1.165, 1.54) is 3.58 Å². The van der Waals surface area contributed by atoms with Gasteiger partial charge in [-0.3, -0.25) is 0 Å². The van der Waals surface area contributed by atoms with Crippen molar-refractivity contribution in [1.82, 2.24) is 20.0 Å². The van der Waals surface area contributed by atoms with Crippen LogP contribution in [0.1, 0.15) is 13.3 Å². The summed E-state index contributed by atoms with van der Waals surface area (Å²) in [6.45, 7) is 2.14. The van der Waals surface area contributed by atoms with Crippen LogP contribution in [0, 0.1) is 0 Å². The molecule has 0 aliphatic heterocycles. The molecule has 24 heavy (non-hydrogen) atoms. The van der Waals surface area contributed by atoms with Gasteiger partial charge in [0.05, 0.1) is 22.1 Å². The van der Waals surface area contributed by atoms with Crippen molar-refractivity contribution < 1.29 is 0 Å². The van der Waals surface area contributed by atoms with Gasteiger partial charge >= 0.3 is 0 Å². The van der Waals surface area contributed by atoms with Crippen molar-refractivity contribution in [2.24, 2.45) is 0 Å². The zero-order valence-corrected chi connectivity index (χ0v) is 15.9. The Bertz CT molecular complexity index is 977. The third-order valence-corrected chi connectivity index (χ3v) is 5.35. The first-order chi connectivity index (χ1) is 11.6. The molecule has 1 unspecified atom stereocenters. The Hall–Kier alpha value is -1.73. The second-order valence-electron chi connectivity index (χ2n) is 6.03. The fraction of sp³-hybridized carbons (Fsp3) is 0.167. The zero-order chi connectivity index (χ0) is 16.7. The van der Waals surface area contributed by atoms with Crippen LogP contribution in [0.15, 0.2) is 58.3 Å². The number of fused-ring (bicyclic) bond motifs is 1. The van der Waals surface area contributed by atoms with Gasteiger partial charge in [0.15, 0.2) is 5.65 Å². The van der Waals surface area contributed by atoms with Gasteiger partial charge in [0.25, 0.3) is 0 Å². The number of aromatic nitrogens is 4. The minimum absolute atomic E-state index is 0.265. The molecule has 2 aromatic heterocycles. The molecule has 1 atom stereocenters. The summed E-state index contributed by atoms with van der Waals surface area (Å²) in [5.41, 5.74) is 2.08. The van der Waals surface area contributed by atoms with Gasteiger partial charge in [0.2, 0.25) is 0 Å². The fourth-order valence-electron chi connectivity index (χ4n) is 2.98. The van der Waals surface area contributed by atoms with Crippen LogP contribution in [-0.2, 0) is 5.54 Å². The molecule has 4 rings (SSSR count). The molecule has 0 saturated carbocycles. The number of allylic oxidation sites excluding steroid dienone is 4. The van der Waals surface area contributed by atoms with E-state index in [1.807, 2.05) is 35.0 Å². The predicted molar refractivity (Wildman–Crippen MR) is 105 cm³/mol. The fourth-order valence-corrected chi connectivity index (χ4v) is 4.24. The quantitative estimate of drug-likeness (QED) is 0.510. The van der Waals surface area contributed by atoms with Gasteiger partial charge in [0, 0.05) is 12.0 Å². The lowest BCUT2D eigenvalue weighted by molar-refractivity contribution is 0.378. The summed E-state index contributed by atoms with van der Waals surface area (Å²) in [7, 11) is 0. The Morgan fingerprint density at radius 3 is 2.75 bits per heavy atom. The third kappa shape index (κ3) is 2.56. The number of hydrogen-bond donors (Lipinski definition) is 0. The Balaban J connectivity index is 1.86. The van der Waals surface area contributed by atoms with Crippen LogP contribution in [0.4, 0.5) is 0 Å². The Kier molecular flexibility index (Phi) is 3.92. The zero-order valence-electron chi connectivity index (χ0n) is 12.9. The van der Waals surface area contributed by atoms with Crippen LogP contribution in [-0.4, -0.2) is 20.0 Å². The van der Waals surface area contributed by atoms with Crippen molar-refractivity contribution in [1.29, 1.82) is 0 Å². The van der Waals surface area contributed by atoms with Crippen molar-refractivity contribution in [2.75, 3.05) is 0 Å². The lowest BCUT2D eigenvalue weighted by atomic mass is 9.94. The molecule has 0 bridgehead atoms. The predicted octanol–water partition coefficient (Wildman–Crippen LogP) is 5.14. The highest BCUT2D eigenvalue weighted by molar-refractivity contribution is 14.1. The summed E-state index contributed by atoms with van der Waals surface area (Å²) >= 11 is 8.97. The molecule has 1 aliphatic rings.